The van der Waals surface area contributed by atoms with Gasteiger partial charge in [0.1, 0.15) is 0 Å². The summed E-state index contributed by atoms with van der Waals surface area (Å²) >= 11 is 0. The molecule has 0 unspecified atom stereocenters. The summed E-state index contributed by atoms with van der Waals surface area (Å²) in [5.41, 5.74) is 21.7. The van der Waals surface area contributed by atoms with E-state index in [-0.39, 0.29) is 10.8 Å². The molecule has 0 aliphatic heterocycles. The first-order valence-electron chi connectivity index (χ1n) is 29.6. The van der Waals surface area contributed by atoms with Crippen molar-refractivity contribution in [3.8, 4) is 22.7 Å². The lowest BCUT2D eigenvalue weighted by Gasteiger charge is -2.19. The number of benzene rings is 11. The molecule has 19 aromatic rings. The Labute approximate surface area is 483 Å². The van der Waals surface area contributed by atoms with Gasteiger partial charge in [0.2, 0.25) is 0 Å². The number of aromatic nitrogens is 6. The van der Waals surface area contributed by atoms with Gasteiger partial charge in [0.15, 0.2) is 0 Å². The van der Waals surface area contributed by atoms with Gasteiger partial charge < -0.3 is 27.1 Å². The maximum absolute atomic E-state index is 2.64. The van der Waals surface area contributed by atoms with E-state index < -0.39 is 0 Å². The number of nitrogens with zero attached hydrogens (tertiary/aromatic N) is 6. The third-order valence-corrected chi connectivity index (χ3v) is 19.0. The van der Waals surface area contributed by atoms with Gasteiger partial charge in [-0.1, -0.05) is 151 Å². The minimum Gasteiger partial charge on any atom is -0.312 e. The summed E-state index contributed by atoms with van der Waals surface area (Å²) in [5.74, 6) is 0. The van der Waals surface area contributed by atoms with Crippen LogP contribution in [-0.2, 0) is 10.8 Å². The molecule has 0 amide bonds. The van der Waals surface area contributed by atoms with E-state index in [9.17, 15) is 0 Å². The Morgan fingerprint density at radius 1 is 0.226 bits per heavy atom. The quantitative estimate of drug-likeness (QED) is 0.168. The Balaban J connectivity index is 0.939. The molecule has 6 nitrogen and oxygen atoms in total. The summed E-state index contributed by atoms with van der Waals surface area (Å²) in [6.07, 6.45) is 0. The van der Waals surface area contributed by atoms with Crippen LogP contribution in [0.3, 0.4) is 0 Å². The first kappa shape index (κ1) is 46.3. The molecule has 0 bridgehead atoms. The van der Waals surface area contributed by atoms with Crippen LogP contribution in [0.15, 0.2) is 231 Å². The molecule has 0 N–H and O–H groups in total. The third-order valence-electron chi connectivity index (χ3n) is 19.0. The zero-order valence-electron chi connectivity index (χ0n) is 47.6. The summed E-state index contributed by atoms with van der Waals surface area (Å²) < 4.78 is 15.2. The average molecular weight is 1080 g/mol. The molecule has 0 aliphatic carbocycles. The molecule has 0 spiro atoms. The molecule has 8 aromatic heterocycles. The normalized spacial score (nSPS) is 13.1. The zero-order chi connectivity index (χ0) is 55.8. The Morgan fingerprint density at radius 2 is 0.571 bits per heavy atom. The van der Waals surface area contributed by atoms with E-state index in [1.54, 1.807) is 0 Å². The lowest BCUT2D eigenvalue weighted by molar-refractivity contribution is 0.567. The van der Waals surface area contributed by atoms with Crippen molar-refractivity contribution >= 4 is 142 Å². The van der Waals surface area contributed by atoms with E-state index in [0.717, 1.165) is 22.7 Å². The minimum absolute atomic E-state index is 0.148. The van der Waals surface area contributed by atoms with Crippen molar-refractivity contribution in [2.45, 2.75) is 52.4 Å². The van der Waals surface area contributed by atoms with Crippen LogP contribution in [0.25, 0.3) is 164 Å². The topological polar surface area (TPSA) is 28.5 Å². The highest BCUT2D eigenvalue weighted by molar-refractivity contribution is 6.37. The van der Waals surface area contributed by atoms with Crippen LogP contribution in [-0.4, -0.2) is 27.1 Å². The van der Waals surface area contributed by atoms with Gasteiger partial charge in [0, 0.05) is 120 Å². The second-order valence-corrected chi connectivity index (χ2v) is 25.8. The molecule has 8 heterocycles. The van der Waals surface area contributed by atoms with Gasteiger partial charge in [0.05, 0.1) is 66.2 Å². The fourth-order valence-electron chi connectivity index (χ4n) is 15.6. The predicted molar refractivity (Wildman–Crippen MR) is 356 cm³/mol. The fraction of sp³-hybridized carbons (Fsp3) is 0.103. The van der Waals surface area contributed by atoms with Gasteiger partial charge >= 0.3 is 0 Å². The Kier molecular flexibility index (Phi) is 8.72. The molecule has 19 rings (SSSR count). The first-order valence-corrected chi connectivity index (χ1v) is 29.6. The van der Waals surface area contributed by atoms with Gasteiger partial charge in [-0.15, -0.1) is 0 Å². The molecule has 0 saturated heterocycles. The van der Waals surface area contributed by atoms with Crippen LogP contribution in [0, 0.1) is 0 Å². The van der Waals surface area contributed by atoms with Crippen LogP contribution in [0.2, 0.25) is 0 Å². The summed E-state index contributed by atoms with van der Waals surface area (Å²) in [5, 5.41) is 17.8. The summed E-state index contributed by atoms with van der Waals surface area (Å²) in [6.45, 7) is 14.3. The van der Waals surface area contributed by atoms with Crippen molar-refractivity contribution < 1.29 is 0 Å². The highest BCUT2D eigenvalue weighted by Crippen LogP contribution is 2.52. The van der Waals surface area contributed by atoms with Crippen LogP contribution in [0.1, 0.15) is 52.9 Å². The summed E-state index contributed by atoms with van der Waals surface area (Å²) in [4.78, 5) is 0. The van der Waals surface area contributed by atoms with E-state index in [0.29, 0.717) is 0 Å². The van der Waals surface area contributed by atoms with Gasteiger partial charge in [-0.2, -0.15) is 0 Å². The van der Waals surface area contributed by atoms with Crippen molar-refractivity contribution in [3.63, 3.8) is 0 Å². The highest BCUT2D eigenvalue weighted by atomic mass is 15.0. The van der Waals surface area contributed by atoms with Gasteiger partial charge in [-0.25, -0.2) is 0 Å². The van der Waals surface area contributed by atoms with Crippen molar-refractivity contribution in [2.75, 3.05) is 0 Å². The van der Waals surface area contributed by atoms with Gasteiger partial charge in [-0.3, -0.25) is 0 Å². The molecule has 0 fully saturated rings. The Bertz CT molecular complexity index is 5670. The maximum Gasteiger partial charge on any atom is 0.0618 e. The summed E-state index contributed by atoms with van der Waals surface area (Å²) in [7, 11) is 0. The molecule has 0 atom stereocenters. The third kappa shape index (κ3) is 5.84. The first-order chi connectivity index (χ1) is 41.0. The van der Waals surface area contributed by atoms with Crippen molar-refractivity contribution in [2.24, 2.45) is 0 Å². The number of hydrogen-bond donors (Lipinski definition) is 0. The number of rotatable bonds is 4. The molecule has 6 heteroatoms. The van der Waals surface area contributed by atoms with E-state index in [1.807, 2.05) is 0 Å². The van der Waals surface area contributed by atoms with E-state index >= 15 is 0 Å². The fourth-order valence-corrected chi connectivity index (χ4v) is 15.6. The Hall–Kier alpha value is -10.3. The van der Waals surface area contributed by atoms with E-state index in [2.05, 4.69) is 299 Å². The lowest BCUT2D eigenvalue weighted by Crippen LogP contribution is -2.14. The average Bonchev–Trinajstić information content (AvgIpc) is 1.68. The van der Waals surface area contributed by atoms with Crippen LogP contribution in [0.4, 0.5) is 0 Å². The Morgan fingerprint density at radius 3 is 0.976 bits per heavy atom. The van der Waals surface area contributed by atoms with Crippen molar-refractivity contribution in [1.82, 2.24) is 27.1 Å². The minimum atomic E-state index is -0.148. The van der Waals surface area contributed by atoms with Crippen molar-refractivity contribution in [1.29, 1.82) is 0 Å². The molecule has 84 heavy (non-hydrogen) atoms. The maximum atomic E-state index is 2.64. The summed E-state index contributed by atoms with van der Waals surface area (Å²) in [6, 6.07) is 86.9. The monoisotopic (exact) mass is 1080 g/mol. The molecule has 0 radical (unpaired) electrons. The molecule has 0 aliphatic rings. The van der Waals surface area contributed by atoms with Gasteiger partial charge in [-0.05, 0) is 121 Å². The molecular formula is C78H56N6. The molecule has 11 aromatic carbocycles. The highest BCUT2D eigenvalue weighted by Gasteiger charge is 2.32. The SMILES string of the molecule is CC(C)(C)c1cc2cc3c(c4ccccc4n3-c3ccc4c(c3)c3ccccc3n4-c3ccccc3)c3c4cc5c6c7c8ccccc8n(-c8ccc9c(c8)c8ccccc8n9-c8ccccc8)c7cc7cc(C(C)(C)C)n(c5cc4n1c23)c76. The molecule has 398 valence electrons. The second kappa shape index (κ2) is 15.8. The smallest absolute Gasteiger partial charge is 0.0618 e. The van der Waals surface area contributed by atoms with Crippen LogP contribution >= 0.6 is 0 Å². The van der Waals surface area contributed by atoms with Gasteiger partial charge in [0.25, 0.3) is 0 Å². The van der Waals surface area contributed by atoms with E-state index in [4.69, 9.17) is 0 Å². The second-order valence-electron chi connectivity index (χ2n) is 25.8. The van der Waals surface area contributed by atoms with Crippen LogP contribution < -0.4 is 0 Å². The molecule has 0 saturated carbocycles. The van der Waals surface area contributed by atoms with E-state index in [1.165, 1.54) is 153 Å². The largest absolute Gasteiger partial charge is 0.312 e. The predicted octanol–water partition coefficient (Wildman–Crippen LogP) is 20.7. The van der Waals surface area contributed by atoms with Crippen molar-refractivity contribution in [3.05, 3.63) is 242 Å². The number of para-hydroxylation sites is 6. The number of hydrogen-bond acceptors (Lipinski definition) is 0. The molecular weight excluding hydrogens is 1020 g/mol. The standard InChI is InChI=1S/C78H56N6/c1-77(2,3)69-39-45-37-67-71(53-27-15-19-31-61(53)81(67)49-33-35-63-55(41-49)51-25-13-17-29-59(51)79(63)47-21-9-7-10-22-47)73-57-43-58-66(44-65(57)83(69)75(45)73)84-70(78(4,5)6)40-46-38-68-72(74(58)76(46)84)54-28-16-20-32-62(54)82(68)50-34-36-64-56(42-50)52-26-14-18-30-60(52)80(64)48-23-11-8-12-24-48/h7-44H,1-6H3. The van der Waals surface area contributed by atoms with Crippen LogP contribution in [0.5, 0.6) is 0 Å². The number of fused-ring (bicyclic) bond motifs is 20. The lowest BCUT2D eigenvalue weighted by atomic mass is 9.91. The zero-order valence-corrected chi connectivity index (χ0v) is 47.6.